The van der Waals surface area contributed by atoms with Gasteiger partial charge in [-0.1, -0.05) is 13.0 Å². The fourth-order valence-electron chi connectivity index (χ4n) is 1.60. The van der Waals surface area contributed by atoms with Gasteiger partial charge in [0.25, 0.3) is 5.91 Å². The van der Waals surface area contributed by atoms with Gasteiger partial charge in [0.15, 0.2) is 0 Å². The van der Waals surface area contributed by atoms with Gasteiger partial charge in [-0.15, -0.1) is 0 Å². The highest BCUT2D eigenvalue weighted by Crippen LogP contribution is 2.18. The molecule has 0 bridgehead atoms. The molecule has 1 amide bonds. The number of aryl methyl sites for hydroxylation is 2. The minimum atomic E-state index is -0.875. The monoisotopic (exact) mass is 250 g/mol. The van der Waals surface area contributed by atoms with E-state index in [1.807, 2.05) is 26.8 Å². The van der Waals surface area contributed by atoms with Crippen LogP contribution in [0.1, 0.15) is 41.8 Å². The number of hydrogen-bond acceptors (Lipinski definition) is 3. The molecule has 0 saturated carbocycles. The maximum Gasteiger partial charge on any atom is 0.251 e. The maximum atomic E-state index is 12.0. The minimum absolute atomic E-state index is 0.201. The Morgan fingerprint density at radius 2 is 2.00 bits per heavy atom. The molecule has 0 aromatic heterocycles. The van der Waals surface area contributed by atoms with E-state index in [1.165, 1.54) is 0 Å². The van der Waals surface area contributed by atoms with Crippen LogP contribution in [0.2, 0.25) is 0 Å². The molecule has 1 rings (SSSR count). The number of benzene rings is 1. The van der Waals surface area contributed by atoms with E-state index in [0.717, 1.165) is 11.1 Å². The van der Waals surface area contributed by atoms with Crippen molar-refractivity contribution >= 4 is 11.6 Å². The third-order valence-electron chi connectivity index (χ3n) is 3.25. The van der Waals surface area contributed by atoms with Gasteiger partial charge in [-0.2, -0.15) is 0 Å². The number of hydrogen-bond donors (Lipinski definition) is 3. The second-order valence-corrected chi connectivity index (χ2v) is 5.06. The Labute approximate surface area is 108 Å². The zero-order valence-corrected chi connectivity index (χ0v) is 11.5. The molecule has 1 atom stereocenters. The SMILES string of the molecule is CCC(C)(O)CNC(=O)c1cc(N)c(C)cc1C. The number of carbonyl (C=O) groups excluding carboxylic acids is 1. The molecule has 100 valence electrons. The van der Waals surface area contributed by atoms with Crippen LogP contribution in [-0.4, -0.2) is 23.2 Å². The Morgan fingerprint density at radius 1 is 1.39 bits per heavy atom. The molecule has 0 spiro atoms. The molecule has 0 heterocycles. The highest BCUT2D eigenvalue weighted by molar-refractivity contribution is 5.96. The summed E-state index contributed by atoms with van der Waals surface area (Å²) in [6.07, 6.45) is 0.586. The molecule has 0 radical (unpaired) electrons. The summed E-state index contributed by atoms with van der Waals surface area (Å²) in [5.41, 5.74) is 7.94. The van der Waals surface area contributed by atoms with Gasteiger partial charge in [0, 0.05) is 17.8 Å². The third-order valence-corrected chi connectivity index (χ3v) is 3.25. The molecule has 0 fully saturated rings. The molecule has 18 heavy (non-hydrogen) atoms. The number of anilines is 1. The summed E-state index contributed by atoms with van der Waals surface area (Å²) >= 11 is 0. The number of amides is 1. The Hall–Kier alpha value is -1.55. The lowest BCUT2D eigenvalue weighted by Crippen LogP contribution is -2.40. The van der Waals surface area contributed by atoms with E-state index < -0.39 is 5.60 Å². The van der Waals surface area contributed by atoms with Gasteiger partial charge >= 0.3 is 0 Å². The number of nitrogens with two attached hydrogens (primary N) is 1. The summed E-state index contributed by atoms with van der Waals surface area (Å²) in [4.78, 5) is 12.0. The Bertz CT molecular complexity index is 453. The Morgan fingerprint density at radius 3 is 2.56 bits per heavy atom. The quantitative estimate of drug-likeness (QED) is 0.713. The first-order chi connectivity index (χ1) is 8.26. The van der Waals surface area contributed by atoms with Crippen LogP contribution < -0.4 is 11.1 Å². The standard InChI is InChI=1S/C14H22N2O2/c1-5-14(4,18)8-16-13(17)11-7-12(15)10(3)6-9(11)2/h6-7,18H,5,8,15H2,1-4H3,(H,16,17). The van der Waals surface area contributed by atoms with Crippen LogP contribution in [0.4, 0.5) is 5.69 Å². The highest BCUT2D eigenvalue weighted by atomic mass is 16.3. The second kappa shape index (κ2) is 5.40. The van der Waals surface area contributed by atoms with Crippen molar-refractivity contribution in [1.82, 2.24) is 5.32 Å². The van der Waals surface area contributed by atoms with Crippen molar-refractivity contribution in [3.8, 4) is 0 Å². The first-order valence-corrected chi connectivity index (χ1v) is 6.14. The third kappa shape index (κ3) is 3.47. The molecule has 0 aliphatic rings. The van der Waals surface area contributed by atoms with Crippen LogP contribution in [-0.2, 0) is 0 Å². The van der Waals surface area contributed by atoms with Crippen LogP contribution in [0, 0.1) is 13.8 Å². The minimum Gasteiger partial charge on any atom is -0.398 e. The molecule has 1 aromatic carbocycles. The van der Waals surface area contributed by atoms with Crippen LogP contribution in [0.3, 0.4) is 0 Å². The van der Waals surface area contributed by atoms with Crippen LogP contribution in [0.5, 0.6) is 0 Å². The molecule has 4 heteroatoms. The fraction of sp³-hybridized carbons (Fsp3) is 0.500. The average molecular weight is 250 g/mol. The average Bonchev–Trinajstić information content (AvgIpc) is 2.31. The first-order valence-electron chi connectivity index (χ1n) is 6.14. The fourth-order valence-corrected chi connectivity index (χ4v) is 1.60. The molecule has 0 aliphatic carbocycles. The summed E-state index contributed by atoms with van der Waals surface area (Å²) in [6.45, 7) is 7.59. The molecular formula is C14H22N2O2. The zero-order valence-electron chi connectivity index (χ0n) is 11.5. The van der Waals surface area contributed by atoms with Crippen molar-refractivity contribution in [2.24, 2.45) is 0 Å². The molecule has 4 nitrogen and oxygen atoms in total. The normalized spacial score (nSPS) is 14.1. The zero-order chi connectivity index (χ0) is 13.9. The van der Waals surface area contributed by atoms with Crippen molar-refractivity contribution in [1.29, 1.82) is 0 Å². The van der Waals surface area contributed by atoms with E-state index in [9.17, 15) is 9.90 Å². The maximum absolute atomic E-state index is 12.0. The lowest BCUT2D eigenvalue weighted by atomic mass is 10.0. The highest BCUT2D eigenvalue weighted by Gasteiger charge is 2.19. The number of nitrogens with one attached hydrogen (secondary N) is 1. The van der Waals surface area contributed by atoms with Crippen molar-refractivity contribution < 1.29 is 9.90 Å². The van der Waals surface area contributed by atoms with Crippen molar-refractivity contribution in [3.63, 3.8) is 0 Å². The van der Waals surface area contributed by atoms with E-state index in [1.54, 1.807) is 13.0 Å². The van der Waals surface area contributed by atoms with Gasteiger partial charge in [-0.05, 0) is 44.4 Å². The van der Waals surface area contributed by atoms with Crippen molar-refractivity contribution in [2.45, 2.75) is 39.7 Å². The molecule has 1 aromatic rings. The molecular weight excluding hydrogens is 228 g/mol. The molecule has 0 saturated heterocycles. The summed E-state index contributed by atoms with van der Waals surface area (Å²) in [7, 11) is 0. The lowest BCUT2D eigenvalue weighted by Gasteiger charge is -2.22. The van der Waals surface area contributed by atoms with E-state index >= 15 is 0 Å². The predicted molar refractivity (Wildman–Crippen MR) is 73.6 cm³/mol. The summed E-state index contributed by atoms with van der Waals surface area (Å²) in [5, 5.41) is 12.6. The molecule has 0 aliphatic heterocycles. The van der Waals surface area contributed by atoms with E-state index in [2.05, 4.69) is 5.32 Å². The number of nitrogen functional groups attached to an aromatic ring is 1. The number of aliphatic hydroxyl groups is 1. The summed E-state index contributed by atoms with van der Waals surface area (Å²) < 4.78 is 0. The van der Waals surface area contributed by atoms with Gasteiger partial charge < -0.3 is 16.2 Å². The van der Waals surface area contributed by atoms with Gasteiger partial charge in [-0.25, -0.2) is 0 Å². The van der Waals surface area contributed by atoms with Gasteiger partial charge in [0.1, 0.15) is 0 Å². The van der Waals surface area contributed by atoms with Crippen LogP contribution >= 0.6 is 0 Å². The predicted octanol–water partition coefficient (Wildman–Crippen LogP) is 1.78. The first kappa shape index (κ1) is 14.5. The van der Waals surface area contributed by atoms with E-state index in [0.29, 0.717) is 17.7 Å². The van der Waals surface area contributed by atoms with Crippen LogP contribution in [0.15, 0.2) is 12.1 Å². The topological polar surface area (TPSA) is 75.3 Å². The largest absolute Gasteiger partial charge is 0.398 e. The second-order valence-electron chi connectivity index (χ2n) is 5.06. The van der Waals surface area contributed by atoms with Crippen LogP contribution in [0.25, 0.3) is 0 Å². The Kier molecular flexibility index (Phi) is 4.35. The molecule has 1 unspecified atom stereocenters. The van der Waals surface area contributed by atoms with Gasteiger partial charge in [0.05, 0.1) is 5.60 Å². The smallest absolute Gasteiger partial charge is 0.251 e. The van der Waals surface area contributed by atoms with E-state index in [-0.39, 0.29) is 12.5 Å². The van der Waals surface area contributed by atoms with E-state index in [4.69, 9.17) is 5.73 Å². The van der Waals surface area contributed by atoms with Gasteiger partial charge in [-0.3, -0.25) is 4.79 Å². The number of carbonyl (C=O) groups is 1. The van der Waals surface area contributed by atoms with Crippen molar-refractivity contribution in [3.05, 3.63) is 28.8 Å². The Balaban J connectivity index is 2.82. The summed E-state index contributed by atoms with van der Waals surface area (Å²) in [5.74, 6) is -0.201. The van der Waals surface area contributed by atoms with Crippen molar-refractivity contribution in [2.75, 3.05) is 12.3 Å². The van der Waals surface area contributed by atoms with Gasteiger partial charge in [0.2, 0.25) is 0 Å². The molecule has 4 N–H and O–H groups in total. The lowest BCUT2D eigenvalue weighted by molar-refractivity contribution is 0.0518. The number of rotatable bonds is 4. The summed E-state index contributed by atoms with van der Waals surface area (Å²) in [6, 6.07) is 3.57.